The van der Waals surface area contributed by atoms with E-state index in [1.807, 2.05) is 0 Å². The molecule has 5 aliphatic carbocycles. The molecule has 0 heterocycles. The summed E-state index contributed by atoms with van der Waals surface area (Å²) in [5.41, 5.74) is 8.01. The molecule has 0 bridgehead atoms. The summed E-state index contributed by atoms with van der Waals surface area (Å²) in [6.07, 6.45) is 10.6. The lowest BCUT2D eigenvalue weighted by Gasteiger charge is -2.70. The van der Waals surface area contributed by atoms with E-state index in [0.29, 0.717) is 29.0 Å². The van der Waals surface area contributed by atoms with Gasteiger partial charge in [0.2, 0.25) is 0 Å². The second-order valence-electron chi connectivity index (χ2n) is 14.8. The van der Waals surface area contributed by atoms with Gasteiger partial charge in [0.25, 0.3) is 0 Å². The third kappa shape index (κ3) is 3.20. The van der Waals surface area contributed by atoms with E-state index in [1.54, 1.807) is 0 Å². The predicted octanol–water partition coefficient (Wildman–Crippen LogP) is 6.47. The standard InChI is InChI=1S/C31H49NO3/c1-18-9-12-27(4)15-16-29(6)21(25(27)19(18)2)17-22(34)26-28(5)13-11-24(35-20(3)33)31(8,32)23(28)10-14-30(26,29)7/h17-19,23-26H,9-16,32H2,1-8H3/t18-,19+,23?,24-,25+,26-,27-,28+,29-,30-,31?/m1/s1. The smallest absolute Gasteiger partial charge is 0.302 e. The average Bonchev–Trinajstić information content (AvgIpc) is 2.74. The van der Waals surface area contributed by atoms with Crippen LogP contribution in [0.1, 0.15) is 107 Å². The van der Waals surface area contributed by atoms with Crippen LogP contribution in [0, 0.1) is 51.2 Å². The van der Waals surface area contributed by atoms with Crippen LogP contribution in [0.2, 0.25) is 0 Å². The van der Waals surface area contributed by atoms with Crippen molar-refractivity contribution in [2.24, 2.45) is 57.0 Å². The maximum absolute atomic E-state index is 14.3. The average molecular weight is 484 g/mol. The van der Waals surface area contributed by atoms with Gasteiger partial charge in [-0.05, 0) is 110 Å². The van der Waals surface area contributed by atoms with E-state index >= 15 is 0 Å². The first-order valence-corrected chi connectivity index (χ1v) is 14.3. The van der Waals surface area contributed by atoms with E-state index in [-0.39, 0.29) is 40.2 Å². The molecule has 0 spiro atoms. The van der Waals surface area contributed by atoms with Crippen molar-refractivity contribution in [1.82, 2.24) is 0 Å². The van der Waals surface area contributed by atoms with Crippen LogP contribution in [0.25, 0.3) is 0 Å². The number of hydrogen-bond acceptors (Lipinski definition) is 4. The highest BCUT2D eigenvalue weighted by Crippen LogP contribution is 2.74. The van der Waals surface area contributed by atoms with Crippen LogP contribution in [0.3, 0.4) is 0 Å². The fourth-order valence-corrected chi connectivity index (χ4v) is 10.8. The summed E-state index contributed by atoms with van der Waals surface area (Å²) in [6, 6.07) is 0. The summed E-state index contributed by atoms with van der Waals surface area (Å²) in [7, 11) is 0. The summed E-state index contributed by atoms with van der Waals surface area (Å²) in [5.74, 6) is 2.07. The normalized spacial score (nSPS) is 55.6. The van der Waals surface area contributed by atoms with Gasteiger partial charge in [-0.1, -0.05) is 47.1 Å². The molecule has 5 aliphatic rings. The third-order valence-electron chi connectivity index (χ3n) is 13.1. The Morgan fingerprint density at radius 1 is 0.971 bits per heavy atom. The molecule has 11 atom stereocenters. The molecule has 0 aromatic rings. The molecule has 0 saturated heterocycles. The number of carbonyl (C=O) groups excluding carboxylic acids is 2. The summed E-state index contributed by atoms with van der Waals surface area (Å²) in [4.78, 5) is 26.1. The lowest BCUT2D eigenvalue weighted by molar-refractivity contribution is -0.196. The van der Waals surface area contributed by atoms with Crippen molar-refractivity contribution in [3.05, 3.63) is 11.6 Å². The predicted molar refractivity (Wildman–Crippen MR) is 139 cm³/mol. The number of fused-ring (bicyclic) bond motifs is 7. The van der Waals surface area contributed by atoms with Crippen LogP contribution in [0.15, 0.2) is 11.6 Å². The molecule has 4 nitrogen and oxygen atoms in total. The molecule has 0 radical (unpaired) electrons. The number of hydrogen-bond donors (Lipinski definition) is 1. The van der Waals surface area contributed by atoms with E-state index < -0.39 is 5.54 Å². The molecule has 5 rings (SSSR count). The molecule has 196 valence electrons. The molecular formula is C31H49NO3. The lowest BCUT2D eigenvalue weighted by Crippen LogP contribution is -2.71. The topological polar surface area (TPSA) is 69.4 Å². The molecule has 0 aliphatic heterocycles. The molecule has 35 heavy (non-hydrogen) atoms. The first-order valence-electron chi connectivity index (χ1n) is 14.3. The maximum Gasteiger partial charge on any atom is 0.302 e. The zero-order valence-electron chi connectivity index (χ0n) is 23.5. The molecule has 4 saturated carbocycles. The van der Waals surface area contributed by atoms with Gasteiger partial charge in [-0.25, -0.2) is 0 Å². The Morgan fingerprint density at radius 3 is 2.31 bits per heavy atom. The first-order chi connectivity index (χ1) is 16.1. The van der Waals surface area contributed by atoms with Crippen molar-refractivity contribution in [1.29, 1.82) is 0 Å². The highest BCUT2D eigenvalue weighted by molar-refractivity contribution is 5.95. The fourth-order valence-electron chi connectivity index (χ4n) is 10.8. The summed E-state index contributed by atoms with van der Waals surface area (Å²) in [5, 5.41) is 0. The number of rotatable bonds is 1. The molecule has 0 amide bonds. The molecule has 0 aromatic heterocycles. The number of allylic oxidation sites excluding steroid dienone is 2. The minimum atomic E-state index is -0.621. The van der Waals surface area contributed by atoms with Gasteiger partial charge < -0.3 is 10.5 Å². The zero-order valence-corrected chi connectivity index (χ0v) is 23.5. The maximum atomic E-state index is 14.3. The van der Waals surface area contributed by atoms with Gasteiger partial charge in [-0.2, -0.15) is 0 Å². The Morgan fingerprint density at radius 2 is 1.66 bits per heavy atom. The Bertz CT molecular complexity index is 968. The Balaban J connectivity index is 1.59. The van der Waals surface area contributed by atoms with Crippen LogP contribution in [-0.4, -0.2) is 23.4 Å². The molecular weight excluding hydrogens is 434 g/mol. The van der Waals surface area contributed by atoms with Crippen LogP contribution in [0.4, 0.5) is 0 Å². The minimum absolute atomic E-state index is 0.0238. The van der Waals surface area contributed by atoms with Gasteiger partial charge in [0, 0.05) is 12.8 Å². The highest BCUT2D eigenvalue weighted by Gasteiger charge is 2.70. The number of ketones is 1. The van der Waals surface area contributed by atoms with E-state index in [4.69, 9.17) is 10.5 Å². The summed E-state index contributed by atoms with van der Waals surface area (Å²) < 4.78 is 5.73. The van der Waals surface area contributed by atoms with Gasteiger partial charge in [-0.15, -0.1) is 0 Å². The number of carbonyl (C=O) groups is 2. The van der Waals surface area contributed by atoms with Crippen LogP contribution < -0.4 is 5.73 Å². The number of ether oxygens (including phenoxy) is 1. The summed E-state index contributed by atoms with van der Waals surface area (Å²) >= 11 is 0. The third-order valence-corrected chi connectivity index (χ3v) is 13.1. The molecule has 2 N–H and O–H groups in total. The van der Waals surface area contributed by atoms with Crippen molar-refractivity contribution in [2.45, 2.75) is 118 Å². The van der Waals surface area contributed by atoms with Crippen LogP contribution in [0.5, 0.6) is 0 Å². The van der Waals surface area contributed by atoms with Crippen molar-refractivity contribution < 1.29 is 14.3 Å². The van der Waals surface area contributed by atoms with Crippen molar-refractivity contribution >= 4 is 11.8 Å². The molecule has 4 heteroatoms. The van der Waals surface area contributed by atoms with E-state index in [0.717, 1.165) is 25.7 Å². The number of esters is 1. The zero-order chi connectivity index (χ0) is 25.8. The monoisotopic (exact) mass is 483 g/mol. The van der Waals surface area contributed by atoms with Crippen LogP contribution in [-0.2, 0) is 14.3 Å². The second kappa shape index (κ2) is 7.68. The molecule has 4 fully saturated rings. The summed E-state index contributed by atoms with van der Waals surface area (Å²) in [6.45, 7) is 18.2. The second-order valence-corrected chi connectivity index (χ2v) is 14.8. The van der Waals surface area contributed by atoms with E-state index in [9.17, 15) is 9.59 Å². The fraction of sp³-hybridized carbons (Fsp3) is 0.871. The van der Waals surface area contributed by atoms with Crippen molar-refractivity contribution in [2.75, 3.05) is 0 Å². The SMILES string of the molecule is CC(=O)O[C@@H]1CC[C@@]2(C)C(CC[C@]3(C)[C@@H]2C(=O)C=C2[C@@H]4[C@@H](C)[C@H](C)CC[C@]4(C)CC[C@]23C)C1(C)N. The van der Waals surface area contributed by atoms with Crippen molar-refractivity contribution in [3.8, 4) is 0 Å². The Kier molecular flexibility index (Phi) is 5.59. The highest BCUT2D eigenvalue weighted by atomic mass is 16.5. The van der Waals surface area contributed by atoms with Gasteiger partial charge in [0.15, 0.2) is 5.78 Å². The van der Waals surface area contributed by atoms with Gasteiger partial charge in [0.05, 0.1) is 5.54 Å². The van der Waals surface area contributed by atoms with E-state index in [1.165, 1.54) is 38.2 Å². The minimum Gasteiger partial charge on any atom is -0.461 e. The number of nitrogens with two attached hydrogens (primary N) is 1. The largest absolute Gasteiger partial charge is 0.461 e. The molecule has 0 aromatic carbocycles. The molecule has 2 unspecified atom stereocenters. The van der Waals surface area contributed by atoms with Gasteiger partial charge >= 0.3 is 5.97 Å². The Hall–Kier alpha value is -1.16. The van der Waals surface area contributed by atoms with Crippen molar-refractivity contribution in [3.63, 3.8) is 0 Å². The quantitative estimate of drug-likeness (QED) is 0.434. The van der Waals surface area contributed by atoms with E-state index in [2.05, 4.69) is 54.5 Å². The lowest BCUT2D eigenvalue weighted by atomic mass is 9.33. The first kappa shape index (κ1) is 25.5. The van der Waals surface area contributed by atoms with Gasteiger partial charge in [0.1, 0.15) is 6.10 Å². The van der Waals surface area contributed by atoms with Crippen LogP contribution >= 0.6 is 0 Å². The Labute approximate surface area is 213 Å². The van der Waals surface area contributed by atoms with Gasteiger partial charge in [-0.3, -0.25) is 9.59 Å².